The van der Waals surface area contributed by atoms with Crippen LogP contribution in [0.4, 0.5) is 34.9 Å². The number of rotatable bonds is 5. The summed E-state index contributed by atoms with van der Waals surface area (Å²) in [7, 11) is 2.00. The van der Waals surface area contributed by atoms with E-state index in [1.165, 1.54) is 12.1 Å². The van der Waals surface area contributed by atoms with Gasteiger partial charge in [-0.05, 0) is 63.9 Å². The van der Waals surface area contributed by atoms with Gasteiger partial charge in [0.25, 0.3) is 5.91 Å². The molecule has 4 unspecified atom stereocenters. The number of carbonyl (C=O) groups excluding carboxylic acids is 1. The number of benzene rings is 1. The molecular formula is C31H33F4N7O2. The topological polar surface area (TPSA) is 97.5 Å². The van der Waals surface area contributed by atoms with E-state index in [1.807, 2.05) is 31.9 Å². The highest BCUT2D eigenvalue weighted by atomic mass is 19.4. The van der Waals surface area contributed by atoms with Gasteiger partial charge in [0.2, 0.25) is 11.5 Å². The van der Waals surface area contributed by atoms with Crippen molar-refractivity contribution in [3.8, 4) is 0 Å². The smallest absolute Gasteiger partial charge is 0.367 e. The van der Waals surface area contributed by atoms with Gasteiger partial charge in [-0.3, -0.25) is 14.5 Å². The molecule has 3 aliphatic rings. The Bertz CT molecular complexity index is 1650. The normalized spacial score (nSPS) is 23.9. The Labute approximate surface area is 251 Å². The molecule has 44 heavy (non-hydrogen) atoms. The summed E-state index contributed by atoms with van der Waals surface area (Å²) < 4.78 is 57.4. The predicted molar refractivity (Wildman–Crippen MR) is 159 cm³/mol. The predicted octanol–water partition coefficient (Wildman–Crippen LogP) is 4.93. The molecule has 0 spiro atoms. The SMILES string of the molecule is CC1CN(c2cc(F)c(C3=CC4CCC(C3)N4c3ncccn3)cc2NC(=O)c2c[nH]c(=O)cc2C(F)(F)F)CC(C)N1C. The van der Waals surface area contributed by atoms with E-state index in [9.17, 15) is 22.8 Å². The number of nitrogens with one attached hydrogen (secondary N) is 2. The second kappa shape index (κ2) is 11.3. The first-order valence-electron chi connectivity index (χ1n) is 14.6. The van der Waals surface area contributed by atoms with E-state index in [2.05, 4.69) is 30.1 Å². The Morgan fingerprint density at radius 1 is 1.07 bits per heavy atom. The lowest BCUT2D eigenvalue weighted by Crippen LogP contribution is -2.55. The summed E-state index contributed by atoms with van der Waals surface area (Å²) in [4.78, 5) is 42.3. The lowest BCUT2D eigenvalue weighted by Gasteiger charge is -2.44. The van der Waals surface area contributed by atoms with Crippen LogP contribution < -0.4 is 20.7 Å². The summed E-state index contributed by atoms with van der Waals surface area (Å²) >= 11 is 0. The number of hydrogen-bond acceptors (Lipinski definition) is 7. The number of amides is 1. The number of halogens is 4. The van der Waals surface area contributed by atoms with E-state index in [1.54, 1.807) is 18.5 Å². The Morgan fingerprint density at radius 3 is 2.43 bits per heavy atom. The van der Waals surface area contributed by atoms with E-state index in [0.29, 0.717) is 37.2 Å². The molecule has 0 radical (unpaired) electrons. The third-order valence-corrected chi connectivity index (χ3v) is 9.03. The molecule has 2 fully saturated rings. The summed E-state index contributed by atoms with van der Waals surface area (Å²) in [5.74, 6) is -0.932. The first-order valence-corrected chi connectivity index (χ1v) is 14.6. The summed E-state index contributed by atoms with van der Waals surface area (Å²) in [5.41, 5.74) is -1.46. The minimum Gasteiger partial charge on any atom is -0.367 e. The monoisotopic (exact) mass is 611 g/mol. The molecule has 1 aromatic carbocycles. The molecule has 3 aromatic rings. The maximum atomic E-state index is 16.0. The van der Waals surface area contributed by atoms with E-state index in [0.717, 1.165) is 24.6 Å². The summed E-state index contributed by atoms with van der Waals surface area (Å²) in [5, 5.41) is 2.64. The number of piperazine rings is 1. The number of carbonyl (C=O) groups is 1. The van der Waals surface area contributed by atoms with Crippen molar-refractivity contribution in [2.45, 2.75) is 63.5 Å². The van der Waals surface area contributed by atoms with Gasteiger partial charge in [0, 0.05) is 61.4 Å². The fraction of sp³-hybridized carbons (Fsp3) is 0.419. The summed E-state index contributed by atoms with van der Waals surface area (Å²) in [6, 6.07) is 5.20. The summed E-state index contributed by atoms with van der Waals surface area (Å²) in [6.07, 6.45) is 3.41. The van der Waals surface area contributed by atoms with Crippen LogP contribution >= 0.6 is 0 Å². The van der Waals surface area contributed by atoms with Gasteiger partial charge < -0.3 is 20.1 Å². The second-order valence-electron chi connectivity index (χ2n) is 11.8. The quantitative estimate of drug-likeness (QED) is 0.395. The van der Waals surface area contributed by atoms with Crippen LogP contribution in [0.1, 0.15) is 54.6 Å². The lowest BCUT2D eigenvalue weighted by molar-refractivity contribution is -0.138. The van der Waals surface area contributed by atoms with Gasteiger partial charge in [0.1, 0.15) is 5.82 Å². The van der Waals surface area contributed by atoms with Gasteiger partial charge in [-0.1, -0.05) is 6.08 Å². The maximum Gasteiger partial charge on any atom is 0.417 e. The van der Waals surface area contributed by atoms with Crippen LogP contribution in [0, 0.1) is 5.82 Å². The number of aromatic amines is 1. The number of H-pyrrole nitrogens is 1. The van der Waals surface area contributed by atoms with Crippen LogP contribution in [0.2, 0.25) is 0 Å². The van der Waals surface area contributed by atoms with Crippen molar-refractivity contribution in [1.29, 1.82) is 0 Å². The molecule has 9 nitrogen and oxygen atoms in total. The highest BCUT2D eigenvalue weighted by Gasteiger charge is 2.40. The first kappa shape index (κ1) is 29.8. The van der Waals surface area contributed by atoms with Gasteiger partial charge in [0.05, 0.1) is 28.5 Å². The molecule has 2 N–H and O–H groups in total. The van der Waals surface area contributed by atoms with Crippen LogP contribution in [0.3, 0.4) is 0 Å². The van der Waals surface area contributed by atoms with Crippen LogP contribution in [-0.2, 0) is 6.18 Å². The number of fused-ring (bicyclic) bond motifs is 2. The molecule has 2 aromatic heterocycles. The first-order chi connectivity index (χ1) is 20.9. The minimum absolute atomic E-state index is 0.0434. The Morgan fingerprint density at radius 2 is 1.77 bits per heavy atom. The third-order valence-electron chi connectivity index (χ3n) is 9.03. The van der Waals surface area contributed by atoms with Gasteiger partial charge in [-0.15, -0.1) is 0 Å². The van der Waals surface area contributed by atoms with Crippen molar-refractivity contribution >= 4 is 28.8 Å². The number of pyridine rings is 1. The number of likely N-dealkylation sites (N-methyl/N-ethyl adjacent to an activating group) is 1. The zero-order valence-corrected chi connectivity index (χ0v) is 24.5. The van der Waals surface area contributed by atoms with Gasteiger partial charge in [0.15, 0.2) is 0 Å². The standard InChI is InChI=1S/C31H33F4N7O2/c1-17-15-41(16-18(2)40(17)3)27-13-25(32)22(19-9-20-5-6-21(10-19)42(20)30-36-7-4-8-37-30)11-26(27)39-29(44)23-14-38-28(43)12-24(23)31(33,34)35/h4,7-9,11-14,17-18,20-21H,5-6,10,15-16H2,1-3H3,(H,38,43)(H,39,44). The number of hydrogen-bond donors (Lipinski definition) is 2. The van der Waals surface area contributed by atoms with E-state index >= 15 is 4.39 Å². The van der Waals surface area contributed by atoms with E-state index in [4.69, 9.17) is 0 Å². The molecule has 5 heterocycles. The van der Waals surface area contributed by atoms with E-state index in [-0.39, 0.29) is 35.4 Å². The average Bonchev–Trinajstić information content (AvgIpc) is 3.25. The molecule has 6 rings (SSSR count). The zero-order valence-electron chi connectivity index (χ0n) is 24.5. The second-order valence-corrected chi connectivity index (χ2v) is 11.8. The molecule has 3 aliphatic heterocycles. The number of alkyl halides is 3. The zero-order chi connectivity index (χ0) is 31.3. The number of anilines is 3. The van der Waals surface area contributed by atoms with Crippen molar-refractivity contribution in [2.75, 3.05) is 35.3 Å². The molecule has 0 saturated carbocycles. The molecule has 2 saturated heterocycles. The summed E-state index contributed by atoms with van der Waals surface area (Å²) in [6.45, 7) is 5.11. The molecule has 1 amide bonds. The molecule has 0 aliphatic carbocycles. The van der Waals surface area contributed by atoms with Crippen molar-refractivity contribution in [2.24, 2.45) is 0 Å². The fourth-order valence-corrected chi connectivity index (χ4v) is 6.62. The minimum atomic E-state index is -4.93. The number of nitrogens with zero attached hydrogens (tertiary/aromatic N) is 5. The van der Waals surface area contributed by atoms with E-state index < -0.39 is 34.6 Å². The van der Waals surface area contributed by atoms with Crippen LogP contribution in [0.15, 0.2) is 53.7 Å². The highest BCUT2D eigenvalue weighted by molar-refractivity contribution is 6.07. The molecule has 232 valence electrons. The fourth-order valence-electron chi connectivity index (χ4n) is 6.62. The molecule has 4 atom stereocenters. The highest BCUT2D eigenvalue weighted by Crippen LogP contribution is 2.43. The lowest BCUT2D eigenvalue weighted by atomic mass is 9.93. The Balaban J connectivity index is 1.40. The van der Waals surface area contributed by atoms with Gasteiger partial charge in [-0.2, -0.15) is 13.2 Å². The molecular weight excluding hydrogens is 578 g/mol. The largest absolute Gasteiger partial charge is 0.417 e. The van der Waals surface area contributed by atoms with Crippen molar-refractivity contribution in [1.82, 2.24) is 19.9 Å². The van der Waals surface area contributed by atoms with Crippen molar-refractivity contribution in [3.63, 3.8) is 0 Å². The van der Waals surface area contributed by atoms with Crippen LogP contribution in [0.5, 0.6) is 0 Å². The van der Waals surface area contributed by atoms with Gasteiger partial charge >= 0.3 is 6.18 Å². The number of aromatic nitrogens is 3. The van der Waals surface area contributed by atoms with Crippen LogP contribution in [0.25, 0.3) is 5.57 Å². The van der Waals surface area contributed by atoms with Gasteiger partial charge in [-0.25, -0.2) is 14.4 Å². The maximum absolute atomic E-state index is 16.0. The Hall–Kier alpha value is -4.26. The average molecular weight is 612 g/mol. The van der Waals surface area contributed by atoms with Crippen LogP contribution in [-0.4, -0.2) is 70.1 Å². The van der Waals surface area contributed by atoms with Crippen molar-refractivity contribution in [3.05, 3.63) is 81.8 Å². The Kier molecular flexibility index (Phi) is 7.68. The molecule has 2 bridgehead atoms. The molecule has 13 heteroatoms. The van der Waals surface area contributed by atoms with Crippen molar-refractivity contribution < 1.29 is 22.4 Å². The third kappa shape index (κ3) is 5.56.